The largest absolute Gasteiger partial charge is 0.480 e. The highest BCUT2D eigenvalue weighted by Gasteiger charge is 2.11. The predicted molar refractivity (Wildman–Crippen MR) is 72.7 cm³/mol. The molecular formula is C14H20N2O3. The van der Waals surface area contributed by atoms with Gasteiger partial charge in [0.25, 0.3) is 0 Å². The van der Waals surface area contributed by atoms with Gasteiger partial charge in [0.05, 0.1) is 6.54 Å². The molecule has 5 heteroatoms. The summed E-state index contributed by atoms with van der Waals surface area (Å²) < 4.78 is 0. The van der Waals surface area contributed by atoms with Gasteiger partial charge < -0.3 is 10.4 Å². The Labute approximate surface area is 113 Å². The first-order chi connectivity index (χ1) is 9.11. The van der Waals surface area contributed by atoms with E-state index in [1.165, 1.54) is 0 Å². The summed E-state index contributed by atoms with van der Waals surface area (Å²) in [7, 11) is 0. The van der Waals surface area contributed by atoms with E-state index in [2.05, 4.69) is 5.32 Å². The molecule has 0 unspecified atom stereocenters. The zero-order chi connectivity index (χ0) is 14.1. The van der Waals surface area contributed by atoms with Crippen molar-refractivity contribution in [3.8, 4) is 0 Å². The average molecular weight is 264 g/mol. The lowest BCUT2D eigenvalue weighted by Gasteiger charge is -2.21. The highest BCUT2D eigenvalue weighted by Crippen LogP contribution is 2.04. The molecule has 0 spiro atoms. The fourth-order valence-corrected chi connectivity index (χ4v) is 1.81. The maximum absolute atomic E-state index is 11.6. The monoisotopic (exact) mass is 264 g/mol. The number of nitrogens with zero attached hydrogens (tertiary/aromatic N) is 1. The van der Waals surface area contributed by atoms with E-state index < -0.39 is 5.97 Å². The molecular weight excluding hydrogens is 244 g/mol. The number of nitrogens with one attached hydrogen (secondary N) is 1. The molecule has 0 atom stereocenters. The summed E-state index contributed by atoms with van der Waals surface area (Å²) >= 11 is 0. The first-order valence-electron chi connectivity index (χ1n) is 6.36. The van der Waals surface area contributed by atoms with E-state index in [4.69, 9.17) is 5.11 Å². The zero-order valence-electron chi connectivity index (χ0n) is 11.1. The van der Waals surface area contributed by atoms with Crippen molar-refractivity contribution >= 4 is 11.9 Å². The van der Waals surface area contributed by atoms with Gasteiger partial charge in [-0.1, -0.05) is 37.3 Å². The number of carboxylic acid groups (broad SMARTS) is 1. The van der Waals surface area contributed by atoms with Crippen LogP contribution in [0.25, 0.3) is 0 Å². The van der Waals surface area contributed by atoms with Crippen LogP contribution >= 0.6 is 0 Å². The smallest absolute Gasteiger partial charge is 0.322 e. The lowest BCUT2D eigenvalue weighted by atomic mass is 10.2. The summed E-state index contributed by atoms with van der Waals surface area (Å²) in [5, 5.41) is 10.9. The molecule has 104 valence electrons. The van der Waals surface area contributed by atoms with Gasteiger partial charge >= 0.3 is 5.97 Å². The minimum Gasteiger partial charge on any atom is -0.480 e. The van der Waals surface area contributed by atoms with Gasteiger partial charge in [0.2, 0.25) is 5.91 Å². The van der Waals surface area contributed by atoms with Crippen LogP contribution in [-0.4, -0.2) is 41.5 Å². The number of carboxylic acids is 1. The van der Waals surface area contributed by atoms with Crippen LogP contribution in [0.2, 0.25) is 0 Å². The van der Waals surface area contributed by atoms with E-state index in [0.29, 0.717) is 6.54 Å². The number of carbonyl (C=O) groups excluding carboxylic acids is 1. The molecule has 0 saturated heterocycles. The number of hydrogen-bond acceptors (Lipinski definition) is 3. The van der Waals surface area contributed by atoms with Crippen LogP contribution in [0, 0.1) is 0 Å². The van der Waals surface area contributed by atoms with Crippen LogP contribution in [-0.2, 0) is 16.1 Å². The summed E-state index contributed by atoms with van der Waals surface area (Å²) in [5.41, 5.74) is 1.14. The number of hydrogen-bond donors (Lipinski definition) is 2. The van der Waals surface area contributed by atoms with Crippen molar-refractivity contribution in [2.75, 3.05) is 19.6 Å². The number of rotatable bonds is 8. The van der Waals surface area contributed by atoms with Crippen LogP contribution in [0.5, 0.6) is 0 Å². The normalized spacial score (nSPS) is 10.4. The second kappa shape index (κ2) is 8.26. The molecule has 2 N–H and O–H groups in total. The van der Waals surface area contributed by atoms with E-state index in [0.717, 1.165) is 18.5 Å². The Hall–Kier alpha value is -1.88. The lowest BCUT2D eigenvalue weighted by molar-refractivity contribution is -0.138. The number of aliphatic carboxylic acids is 1. The van der Waals surface area contributed by atoms with Crippen LogP contribution in [0.1, 0.15) is 18.9 Å². The van der Waals surface area contributed by atoms with Crippen molar-refractivity contribution in [3.05, 3.63) is 35.9 Å². The Morgan fingerprint density at radius 1 is 1.26 bits per heavy atom. The highest BCUT2D eigenvalue weighted by molar-refractivity contribution is 5.82. The van der Waals surface area contributed by atoms with Crippen molar-refractivity contribution in [1.29, 1.82) is 0 Å². The first kappa shape index (κ1) is 15.2. The zero-order valence-corrected chi connectivity index (χ0v) is 11.1. The number of amides is 1. The van der Waals surface area contributed by atoms with E-state index in [9.17, 15) is 9.59 Å². The van der Waals surface area contributed by atoms with Gasteiger partial charge in [-0.2, -0.15) is 0 Å². The van der Waals surface area contributed by atoms with Gasteiger partial charge in [0.15, 0.2) is 0 Å². The van der Waals surface area contributed by atoms with Crippen molar-refractivity contribution in [2.45, 2.75) is 19.9 Å². The maximum atomic E-state index is 11.6. The third kappa shape index (κ3) is 6.57. The van der Waals surface area contributed by atoms with Crippen molar-refractivity contribution < 1.29 is 14.7 Å². The third-order valence-electron chi connectivity index (χ3n) is 2.59. The van der Waals surface area contributed by atoms with Crippen LogP contribution in [0.15, 0.2) is 30.3 Å². The minimum absolute atomic E-state index is 0.218. The Balaban J connectivity index is 2.48. The van der Waals surface area contributed by atoms with E-state index in [1.54, 1.807) is 0 Å². The summed E-state index contributed by atoms with van der Waals surface area (Å²) in [6.45, 7) is 3.43. The number of benzene rings is 1. The highest BCUT2D eigenvalue weighted by atomic mass is 16.4. The quantitative estimate of drug-likeness (QED) is 0.737. The van der Waals surface area contributed by atoms with E-state index in [-0.39, 0.29) is 19.0 Å². The Morgan fingerprint density at radius 2 is 1.95 bits per heavy atom. The van der Waals surface area contributed by atoms with Crippen molar-refractivity contribution in [2.24, 2.45) is 0 Å². The second-order valence-corrected chi connectivity index (χ2v) is 4.37. The van der Waals surface area contributed by atoms with E-state index >= 15 is 0 Å². The predicted octanol–water partition coefficient (Wildman–Crippen LogP) is 1.10. The molecule has 0 fully saturated rings. The first-order valence-corrected chi connectivity index (χ1v) is 6.36. The van der Waals surface area contributed by atoms with Crippen LogP contribution in [0.4, 0.5) is 0 Å². The van der Waals surface area contributed by atoms with Gasteiger partial charge in [-0.15, -0.1) is 0 Å². The molecule has 1 rings (SSSR count). The standard InChI is InChI=1S/C14H20N2O3/c1-2-8-16(10-12-6-4-3-5-7-12)11-13(17)15-9-14(18)19/h3-7H,2,8-11H2,1H3,(H,15,17)(H,18,19). The molecule has 1 aromatic rings. The third-order valence-corrected chi connectivity index (χ3v) is 2.59. The topological polar surface area (TPSA) is 69.6 Å². The molecule has 5 nitrogen and oxygen atoms in total. The van der Waals surface area contributed by atoms with Gasteiger partial charge in [-0.05, 0) is 18.5 Å². The van der Waals surface area contributed by atoms with Crippen LogP contribution < -0.4 is 5.32 Å². The number of carbonyl (C=O) groups is 2. The summed E-state index contributed by atoms with van der Waals surface area (Å²) in [4.78, 5) is 24.0. The summed E-state index contributed by atoms with van der Waals surface area (Å²) in [5.74, 6) is -1.29. The fraction of sp³-hybridized carbons (Fsp3) is 0.429. The van der Waals surface area contributed by atoms with Crippen molar-refractivity contribution in [3.63, 3.8) is 0 Å². The van der Waals surface area contributed by atoms with E-state index in [1.807, 2.05) is 42.2 Å². The molecule has 0 radical (unpaired) electrons. The average Bonchev–Trinajstić information content (AvgIpc) is 2.38. The van der Waals surface area contributed by atoms with Crippen molar-refractivity contribution in [1.82, 2.24) is 10.2 Å². The fourth-order valence-electron chi connectivity index (χ4n) is 1.81. The Bertz CT molecular complexity index is 406. The van der Waals surface area contributed by atoms with Gasteiger partial charge in [-0.25, -0.2) is 0 Å². The van der Waals surface area contributed by atoms with Crippen LogP contribution in [0.3, 0.4) is 0 Å². The maximum Gasteiger partial charge on any atom is 0.322 e. The molecule has 1 amide bonds. The molecule has 0 aromatic heterocycles. The SMILES string of the molecule is CCCN(CC(=O)NCC(=O)O)Cc1ccccc1. The minimum atomic E-state index is -1.03. The molecule has 0 heterocycles. The Morgan fingerprint density at radius 3 is 2.53 bits per heavy atom. The summed E-state index contributed by atoms with van der Waals surface area (Å²) in [6, 6.07) is 9.90. The molecule has 19 heavy (non-hydrogen) atoms. The lowest BCUT2D eigenvalue weighted by Crippen LogP contribution is -2.39. The molecule has 0 aliphatic heterocycles. The summed E-state index contributed by atoms with van der Waals surface area (Å²) in [6.07, 6.45) is 0.943. The molecule has 1 aromatic carbocycles. The molecule has 0 bridgehead atoms. The molecule has 0 saturated carbocycles. The van der Waals surface area contributed by atoms with Gasteiger partial charge in [-0.3, -0.25) is 14.5 Å². The molecule has 0 aliphatic carbocycles. The van der Waals surface area contributed by atoms with Gasteiger partial charge in [0, 0.05) is 6.54 Å². The van der Waals surface area contributed by atoms with Gasteiger partial charge in [0.1, 0.15) is 6.54 Å². The second-order valence-electron chi connectivity index (χ2n) is 4.37. The Kier molecular flexibility index (Phi) is 6.60. The molecule has 0 aliphatic rings.